The summed E-state index contributed by atoms with van der Waals surface area (Å²) in [5, 5.41) is 3.76. The number of ketones is 1. The summed E-state index contributed by atoms with van der Waals surface area (Å²) in [5.41, 5.74) is 1.82. The van der Waals surface area contributed by atoms with Gasteiger partial charge in [0.2, 0.25) is 5.91 Å². The van der Waals surface area contributed by atoms with E-state index in [2.05, 4.69) is 5.32 Å². The molecule has 4 nitrogen and oxygen atoms in total. The fraction of sp³-hybridized carbons (Fsp3) is 0.333. The molecule has 2 aromatic carbocycles. The van der Waals surface area contributed by atoms with Gasteiger partial charge in [0, 0.05) is 18.4 Å². The van der Waals surface area contributed by atoms with Gasteiger partial charge in [-0.3, -0.25) is 9.59 Å². The molecule has 0 spiro atoms. The summed E-state index contributed by atoms with van der Waals surface area (Å²) in [6.45, 7) is 2.35. The second kappa shape index (κ2) is 8.77. The van der Waals surface area contributed by atoms with Crippen molar-refractivity contribution in [3.8, 4) is 5.75 Å². The minimum Gasteiger partial charge on any atom is -0.492 e. The van der Waals surface area contributed by atoms with Crippen molar-refractivity contribution in [1.29, 1.82) is 0 Å². The lowest BCUT2D eigenvalue weighted by Gasteiger charge is -2.13. The summed E-state index contributed by atoms with van der Waals surface area (Å²) >= 11 is 11.9. The van der Waals surface area contributed by atoms with Crippen LogP contribution in [-0.2, 0) is 11.2 Å². The van der Waals surface area contributed by atoms with Crippen molar-refractivity contribution >= 4 is 40.6 Å². The first-order valence-electron chi connectivity index (χ1n) is 9.00. The summed E-state index contributed by atoms with van der Waals surface area (Å²) in [4.78, 5) is 24.9. The SMILES string of the molecule is CCOc1ccc(C(=O)Cc2ccc(Cl)c(Cl)c2)cc1NC(=O)CC1CC1. The van der Waals surface area contributed by atoms with Crippen molar-refractivity contribution in [2.24, 2.45) is 5.92 Å². The molecule has 0 atom stereocenters. The number of hydrogen-bond donors (Lipinski definition) is 1. The molecule has 1 fully saturated rings. The molecule has 3 rings (SSSR count). The third kappa shape index (κ3) is 5.47. The first-order valence-corrected chi connectivity index (χ1v) is 9.75. The van der Waals surface area contributed by atoms with E-state index in [0.717, 1.165) is 18.4 Å². The van der Waals surface area contributed by atoms with Gasteiger partial charge in [-0.25, -0.2) is 0 Å². The lowest BCUT2D eigenvalue weighted by molar-refractivity contribution is -0.116. The van der Waals surface area contributed by atoms with Crippen LogP contribution in [0.5, 0.6) is 5.75 Å². The van der Waals surface area contributed by atoms with Crippen LogP contribution in [0.1, 0.15) is 42.1 Å². The maximum absolute atomic E-state index is 12.7. The van der Waals surface area contributed by atoms with Crippen LogP contribution in [0.4, 0.5) is 5.69 Å². The fourth-order valence-electron chi connectivity index (χ4n) is 2.80. The Balaban J connectivity index is 1.77. The zero-order valence-corrected chi connectivity index (χ0v) is 16.6. The van der Waals surface area contributed by atoms with E-state index in [4.69, 9.17) is 27.9 Å². The normalized spacial score (nSPS) is 13.3. The lowest BCUT2D eigenvalue weighted by atomic mass is 10.0. The topological polar surface area (TPSA) is 55.4 Å². The van der Waals surface area contributed by atoms with Crippen LogP contribution >= 0.6 is 23.2 Å². The first-order chi connectivity index (χ1) is 13.0. The Hall–Kier alpha value is -2.04. The highest BCUT2D eigenvalue weighted by Crippen LogP contribution is 2.33. The quantitative estimate of drug-likeness (QED) is 0.585. The molecule has 0 aliphatic heterocycles. The van der Waals surface area contributed by atoms with E-state index in [1.807, 2.05) is 6.92 Å². The monoisotopic (exact) mass is 405 g/mol. The number of ether oxygens (including phenoxy) is 1. The van der Waals surface area contributed by atoms with Crippen LogP contribution in [0, 0.1) is 5.92 Å². The number of hydrogen-bond acceptors (Lipinski definition) is 3. The van der Waals surface area contributed by atoms with Crippen molar-refractivity contribution in [3.63, 3.8) is 0 Å². The van der Waals surface area contributed by atoms with Crippen LogP contribution in [0.15, 0.2) is 36.4 Å². The van der Waals surface area contributed by atoms with Gasteiger partial charge in [0.25, 0.3) is 0 Å². The fourth-order valence-corrected chi connectivity index (χ4v) is 3.13. The largest absolute Gasteiger partial charge is 0.492 e. The molecule has 0 aromatic heterocycles. The number of nitrogens with one attached hydrogen (secondary N) is 1. The van der Waals surface area contributed by atoms with Crippen molar-refractivity contribution in [1.82, 2.24) is 0 Å². The van der Waals surface area contributed by atoms with E-state index in [1.54, 1.807) is 36.4 Å². The van der Waals surface area contributed by atoms with Crippen LogP contribution < -0.4 is 10.1 Å². The van der Waals surface area contributed by atoms with Crippen LogP contribution in [-0.4, -0.2) is 18.3 Å². The van der Waals surface area contributed by atoms with Gasteiger partial charge in [0.05, 0.1) is 22.3 Å². The number of amides is 1. The van der Waals surface area contributed by atoms with E-state index in [1.165, 1.54) is 0 Å². The molecular weight excluding hydrogens is 385 g/mol. The van der Waals surface area contributed by atoms with Crippen molar-refractivity contribution < 1.29 is 14.3 Å². The average molecular weight is 406 g/mol. The molecule has 0 radical (unpaired) electrons. The lowest BCUT2D eigenvalue weighted by Crippen LogP contribution is -2.14. The van der Waals surface area contributed by atoms with Gasteiger partial charge in [0.15, 0.2) is 5.78 Å². The van der Waals surface area contributed by atoms with E-state index in [0.29, 0.717) is 46.0 Å². The molecule has 0 heterocycles. The van der Waals surface area contributed by atoms with E-state index in [-0.39, 0.29) is 18.1 Å². The molecule has 1 N–H and O–H groups in total. The van der Waals surface area contributed by atoms with Crippen molar-refractivity contribution in [2.75, 3.05) is 11.9 Å². The molecule has 1 amide bonds. The second-order valence-electron chi connectivity index (χ2n) is 6.69. The van der Waals surface area contributed by atoms with E-state index < -0.39 is 0 Å². The number of halogens is 2. The first kappa shape index (κ1) is 19.7. The number of anilines is 1. The molecule has 0 bridgehead atoms. The van der Waals surface area contributed by atoms with Gasteiger partial charge in [0.1, 0.15) is 5.75 Å². The zero-order valence-electron chi connectivity index (χ0n) is 15.1. The third-order valence-corrected chi connectivity index (χ3v) is 5.13. The smallest absolute Gasteiger partial charge is 0.224 e. The van der Waals surface area contributed by atoms with Gasteiger partial charge in [-0.15, -0.1) is 0 Å². The highest BCUT2D eigenvalue weighted by Gasteiger charge is 2.25. The third-order valence-electron chi connectivity index (χ3n) is 4.40. The van der Waals surface area contributed by atoms with Crippen LogP contribution in [0.25, 0.3) is 0 Å². The summed E-state index contributed by atoms with van der Waals surface area (Å²) < 4.78 is 5.58. The van der Waals surface area contributed by atoms with Crippen molar-refractivity contribution in [3.05, 3.63) is 57.6 Å². The van der Waals surface area contributed by atoms with E-state index in [9.17, 15) is 9.59 Å². The molecule has 1 aliphatic carbocycles. The van der Waals surface area contributed by atoms with Gasteiger partial charge in [-0.1, -0.05) is 29.3 Å². The molecule has 1 aliphatic rings. The standard InChI is InChI=1S/C21H21Cl2NO3/c1-2-27-20-8-6-15(12-18(20)24-21(26)11-13-3-4-13)19(25)10-14-5-7-16(22)17(23)9-14/h5-9,12-13H,2-4,10-11H2,1H3,(H,24,26). The number of Topliss-reactive ketones (excluding diaryl/α,β-unsaturated/α-hetero) is 1. The Morgan fingerprint density at radius 3 is 2.56 bits per heavy atom. The Bertz CT molecular complexity index is 863. The highest BCUT2D eigenvalue weighted by atomic mass is 35.5. The number of rotatable bonds is 8. The second-order valence-corrected chi connectivity index (χ2v) is 7.50. The van der Waals surface area contributed by atoms with Crippen LogP contribution in [0.2, 0.25) is 10.0 Å². The number of benzene rings is 2. The Morgan fingerprint density at radius 2 is 1.89 bits per heavy atom. The molecule has 142 valence electrons. The van der Waals surface area contributed by atoms with Gasteiger partial charge in [-0.2, -0.15) is 0 Å². The maximum atomic E-state index is 12.7. The predicted octanol–water partition coefficient (Wildman–Crippen LogP) is 5.56. The number of carbonyl (C=O) groups is 2. The van der Waals surface area contributed by atoms with Crippen molar-refractivity contribution in [2.45, 2.75) is 32.6 Å². The highest BCUT2D eigenvalue weighted by molar-refractivity contribution is 6.42. The summed E-state index contributed by atoms with van der Waals surface area (Å²) in [7, 11) is 0. The minimum absolute atomic E-state index is 0.0486. The maximum Gasteiger partial charge on any atom is 0.224 e. The molecule has 6 heteroatoms. The molecule has 1 saturated carbocycles. The molecular formula is C21H21Cl2NO3. The minimum atomic E-state index is -0.0749. The molecule has 0 unspecified atom stereocenters. The Labute approximate surface area is 168 Å². The predicted molar refractivity (Wildman–Crippen MR) is 108 cm³/mol. The Morgan fingerprint density at radius 1 is 1.11 bits per heavy atom. The molecule has 0 saturated heterocycles. The van der Waals surface area contributed by atoms with Gasteiger partial charge >= 0.3 is 0 Å². The molecule has 27 heavy (non-hydrogen) atoms. The van der Waals surface area contributed by atoms with E-state index >= 15 is 0 Å². The van der Waals surface area contributed by atoms with Gasteiger partial charge < -0.3 is 10.1 Å². The van der Waals surface area contributed by atoms with Gasteiger partial charge in [-0.05, 0) is 61.6 Å². The Kier molecular flexibility index (Phi) is 6.40. The molecule has 2 aromatic rings. The summed E-state index contributed by atoms with van der Waals surface area (Å²) in [6.07, 6.45) is 2.91. The summed E-state index contributed by atoms with van der Waals surface area (Å²) in [5.74, 6) is 0.925. The zero-order chi connectivity index (χ0) is 19.4. The summed E-state index contributed by atoms with van der Waals surface area (Å²) in [6, 6.07) is 10.2. The average Bonchev–Trinajstić information content (AvgIpc) is 3.43. The van der Waals surface area contributed by atoms with Crippen LogP contribution in [0.3, 0.4) is 0 Å². The number of carbonyl (C=O) groups excluding carboxylic acids is 2.